The Morgan fingerprint density at radius 1 is 1.19 bits per heavy atom. The Balaban J connectivity index is 1.61. The number of nitrogens with one attached hydrogen (secondary N) is 1. The van der Waals surface area contributed by atoms with Crippen LogP contribution >= 0.6 is 11.8 Å². The van der Waals surface area contributed by atoms with Crippen molar-refractivity contribution < 1.29 is 4.79 Å². The van der Waals surface area contributed by atoms with E-state index >= 15 is 0 Å². The van der Waals surface area contributed by atoms with Gasteiger partial charge in [0.2, 0.25) is 5.91 Å². The molecule has 1 aromatic carbocycles. The highest BCUT2D eigenvalue weighted by atomic mass is 32.2. The lowest BCUT2D eigenvalue weighted by molar-refractivity contribution is -0.119. The van der Waals surface area contributed by atoms with E-state index in [2.05, 4.69) is 39.6 Å². The zero-order chi connectivity index (χ0) is 19.1. The molecule has 0 saturated carbocycles. The normalized spacial score (nSPS) is 11.9. The van der Waals surface area contributed by atoms with Crippen molar-refractivity contribution in [3.05, 3.63) is 60.4 Å². The molecule has 6 nitrogen and oxygen atoms in total. The molecule has 3 rings (SSSR count). The van der Waals surface area contributed by atoms with Crippen molar-refractivity contribution in [3.63, 3.8) is 0 Å². The summed E-state index contributed by atoms with van der Waals surface area (Å²) in [6, 6.07) is 13.9. The molecule has 0 aliphatic rings. The van der Waals surface area contributed by atoms with Crippen molar-refractivity contribution in [1.82, 2.24) is 25.1 Å². The average Bonchev–Trinajstić information content (AvgIpc) is 3.08. The number of hydrogen-bond donors (Lipinski definition) is 1. The van der Waals surface area contributed by atoms with E-state index in [1.165, 1.54) is 11.8 Å². The van der Waals surface area contributed by atoms with Gasteiger partial charge < -0.3 is 9.88 Å². The van der Waals surface area contributed by atoms with E-state index < -0.39 is 0 Å². The summed E-state index contributed by atoms with van der Waals surface area (Å²) < 4.78 is 1.88. The summed E-state index contributed by atoms with van der Waals surface area (Å²) >= 11 is 1.38. The number of carbonyl (C=O) groups is 1. The Morgan fingerprint density at radius 2 is 2.00 bits per heavy atom. The van der Waals surface area contributed by atoms with Crippen molar-refractivity contribution in [2.24, 2.45) is 7.05 Å². The number of aromatic nitrogens is 4. The first-order chi connectivity index (χ1) is 13.2. The lowest BCUT2D eigenvalue weighted by Crippen LogP contribution is -2.30. The number of rotatable bonds is 8. The van der Waals surface area contributed by atoms with Crippen LogP contribution in [-0.4, -0.2) is 31.4 Å². The molecule has 7 heteroatoms. The zero-order valence-corrected chi connectivity index (χ0v) is 16.3. The van der Waals surface area contributed by atoms with E-state index in [0.29, 0.717) is 10.9 Å². The molecule has 1 atom stereocenters. The van der Waals surface area contributed by atoms with E-state index in [-0.39, 0.29) is 11.9 Å². The number of carbonyl (C=O) groups excluding carboxylic acids is 1. The van der Waals surface area contributed by atoms with E-state index in [9.17, 15) is 4.79 Å². The summed E-state index contributed by atoms with van der Waals surface area (Å²) in [5, 5.41) is 12.3. The van der Waals surface area contributed by atoms with E-state index in [1.54, 1.807) is 12.4 Å². The lowest BCUT2D eigenvalue weighted by atomic mass is 10.0. The Kier molecular flexibility index (Phi) is 6.59. The highest BCUT2D eigenvalue weighted by molar-refractivity contribution is 7.99. The van der Waals surface area contributed by atoms with Crippen molar-refractivity contribution >= 4 is 17.7 Å². The molecule has 2 heterocycles. The SMILES string of the molecule is CCCC(NC(=O)CSc1nnc(-c2cccnc2)n1C)c1ccccc1. The molecular formula is C20H23N5OS. The third-order valence-corrected chi connectivity index (χ3v) is 5.22. The Labute approximate surface area is 163 Å². The molecule has 0 aliphatic carbocycles. The molecule has 0 fully saturated rings. The fourth-order valence-electron chi connectivity index (χ4n) is 2.85. The second-order valence-electron chi connectivity index (χ2n) is 6.22. The third-order valence-electron chi connectivity index (χ3n) is 4.20. The van der Waals surface area contributed by atoms with Gasteiger partial charge >= 0.3 is 0 Å². The average molecular weight is 382 g/mol. The Hall–Kier alpha value is -2.67. The summed E-state index contributed by atoms with van der Waals surface area (Å²) in [4.78, 5) is 16.6. The molecule has 0 saturated heterocycles. The highest BCUT2D eigenvalue weighted by Crippen LogP contribution is 2.23. The van der Waals surface area contributed by atoms with Gasteiger partial charge in [0.1, 0.15) is 0 Å². The predicted octanol–water partition coefficient (Wildman–Crippen LogP) is 3.63. The summed E-state index contributed by atoms with van der Waals surface area (Å²) in [7, 11) is 1.90. The van der Waals surface area contributed by atoms with E-state index in [4.69, 9.17) is 0 Å². The molecule has 1 amide bonds. The van der Waals surface area contributed by atoms with Crippen LogP contribution in [0.1, 0.15) is 31.4 Å². The summed E-state index contributed by atoms with van der Waals surface area (Å²) in [5.41, 5.74) is 2.03. The van der Waals surface area contributed by atoms with Crippen LogP contribution in [0.5, 0.6) is 0 Å². The first-order valence-corrected chi connectivity index (χ1v) is 9.94. The fraction of sp³-hybridized carbons (Fsp3) is 0.300. The number of benzene rings is 1. The smallest absolute Gasteiger partial charge is 0.230 e. The molecule has 2 aromatic heterocycles. The second kappa shape index (κ2) is 9.32. The van der Waals surface area contributed by atoms with Crippen molar-refractivity contribution in [2.45, 2.75) is 31.0 Å². The topological polar surface area (TPSA) is 72.7 Å². The van der Waals surface area contributed by atoms with Gasteiger partial charge in [-0.2, -0.15) is 0 Å². The molecule has 0 bridgehead atoms. The maximum atomic E-state index is 12.5. The van der Waals surface area contributed by atoms with Gasteiger partial charge in [0, 0.05) is 25.0 Å². The maximum Gasteiger partial charge on any atom is 0.230 e. The standard InChI is InChI=1S/C20H23N5OS/c1-3-8-17(15-9-5-4-6-10-15)22-18(26)14-27-20-24-23-19(25(20)2)16-11-7-12-21-13-16/h4-7,9-13,17H,3,8,14H2,1-2H3,(H,22,26). The van der Waals surface area contributed by atoms with Crippen LogP contribution in [0.25, 0.3) is 11.4 Å². The fourth-order valence-corrected chi connectivity index (χ4v) is 3.57. The molecular weight excluding hydrogens is 358 g/mol. The Morgan fingerprint density at radius 3 is 2.70 bits per heavy atom. The summed E-state index contributed by atoms with van der Waals surface area (Å²) in [6.07, 6.45) is 5.39. The van der Waals surface area contributed by atoms with Gasteiger partial charge in [-0.3, -0.25) is 9.78 Å². The monoisotopic (exact) mass is 381 g/mol. The quantitative estimate of drug-likeness (QED) is 0.603. The molecule has 0 radical (unpaired) electrons. The molecule has 3 aromatic rings. The molecule has 0 spiro atoms. The number of thioether (sulfide) groups is 1. The third kappa shape index (κ3) is 4.95. The van der Waals surface area contributed by atoms with Gasteiger partial charge in [-0.25, -0.2) is 0 Å². The largest absolute Gasteiger partial charge is 0.349 e. The zero-order valence-electron chi connectivity index (χ0n) is 15.5. The Bertz CT molecular complexity index is 867. The lowest BCUT2D eigenvalue weighted by Gasteiger charge is -2.18. The number of hydrogen-bond acceptors (Lipinski definition) is 5. The van der Waals surface area contributed by atoms with Gasteiger partial charge in [-0.05, 0) is 24.1 Å². The van der Waals surface area contributed by atoms with Gasteiger partial charge in [0.15, 0.2) is 11.0 Å². The van der Waals surface area contributed by atoms with Crippen molar-refractivity contribution in [2.75, 3.05) is 5.75 Å². The van der Waals surface area contributed by atoms with E-state index in [1.807, 2.05) is 41.9 Å². The number of pyridine rings is 1. The molecule has 1 N–H and O–H groups in total. The van der Waals surface area contributed by atoms with Crippen LogP contribution < -0.4 is 5.32 Å². The first-order valence-electron chi connectivity index (χ1n) is 8.96. The van der Waals surface area contributed by atoms with Crippen LogP contribution in [-0.2, 0) is 11.8 Å². The number of nitrogens with zero attached hydrogens (tertiary/aromatic N) is 4. The summed E-state index contributed by atoms with van der Waals surface area (Å²) in [5.74, 6) is 1.03. The number of amides is 1. The van der Waals surface area contributed by atoms with Crippen LogP contribution in [0.15, 0.2) is 60.0 Å². The van der Waals surface area contributed by atoms with Gasteiger partial charge in [-0.1, -0.05) is 55.4 Å². The van der Waals surface area contributed by atoms with Gasteiger partial charge in [-0.15, -0.1) is 10.2 Å². The summed E-state index contributed by atoms with van der Waals surface area (Å²) in [6.45, 7) is 2.12. The molecule has 140 valence electrons. The van der Waals surface area contributed by atoms with E-state index in [0.717, 1.165) is 29.8 Å². The minimum absolute atomic E-state index is 0.00627. The van der Waals surface area contributed by atoms with Gasteiger partial charge in [0.05, 0.1) is 11.8 Å². The first kappa shape index (κ1) is 19.1. The predicted molar refractivity (Wildman–Crippen MR) is 107 cm³/mol. The maximum absolute atomic E-state index is 12.5. The molecule has 27 heavy (non-hydrogen) atoms. The van der Waals surface area contributed by atoms with Crippen LogP contribution in [0.3, 0.4) is 0 Å². The van der Waals surface area contributed by atoms with Crippen LogP contribution in [0.4, 0.5) is 0 Å². The highest BCUT2D eigenvalue weighted by Gasteiger charge is 2.16. The second-order valence-corrected chi connectivity index (χ2v) is 7.16. The molecule has 1 unspecified atom stereocenters. The molecule has 0 aliphatic heterocycles. The minimum Gasteiger partial charge on any atom is -0.349 e. The van der Waals surface area contributed by atoms with Crippen molar-refractivity contribution in [1.29, 1.82) is 0 Å². The van der Waals surface area contributed by atoms with Crippen LogP contribution in [0.2, 0.25) is 0 Å². The van der Waals surface area contributed by atoms with Crippen molar-refractivity contribution in [3.8, 4) is 11.4 Å². The van der Waals surface area contributed by atoms with Gasteiger partial charge in [0.25, 0.3) is 0 Å². The minimum atomic E-state index is -0.00627. The van der Waals surface area contributed by atoms with Crippen LogP contribution in [0, 0.1) is 0 Å².